The molecule has 4 N–H and O–H groups in total. The molecule has 0 aromatic heterocycles. The molecule has 6 heteroatoms. The smallest absolute Gasteiger partial charge is 0.309 e. The molecule has 1 saturated carbocycles. The molecule has 0 unspecified atom stereocenters. The third-order valence-electron chi connectivity index (χ3n) is 10.0. The van der Waals surface area contributed by atoms with E-state index in [-0.39, 0.29) is 23.9 Å². The Labute approximate surface area is 235 Å². The van der Waals surface area contributed by atoms with Gasteiger partial charge in [0, 0.05) is 24.0 Å². The Morgan fingerprint density at radius 3 is 2.64 bits per heavy atom. The average molecular weight is 542 g/mol. The number of aliphatic hydroxyl groups excluding tert-OH is 2. The molecule has 1 fully saturated rings. The number of unbranched alkanes of at least 4 members (excludes halogenated alkanes) is 4. The Bertz CT molecular complexity index is 925. The van der Waals surface area contributed by atoms with Gasteiger partial charge in [-0.3, -0.25) is 9.79 Å². The van der Waals surface area contributed by atoms with Crippen LogP contribution >= 0.6 is 0 Å². The van der Waals surface area contributed by atoms with Gasteiger partial charge in [0.15, 0.2) is 0 Å². The first-order valence-corrected chi connectivity index (χ1v) is 15.7. The molecule has 4 aliphatic rings. The standard InChI is InChI=1S/C33H51NO5/c1-2-3-5-8-23-11-12-25(30(35)20-23)9-6-4-7-10-28(32(37)38)31(36)27-13-14-29-26(15-17-33(29,39)21-27)19-24-16-18-34-22-24/h11-14,16,22-23,25-31,35-36,39H,2-10,15,17-21H2,1H3,(H,37,38)/t23-,25-,26+,27+,28+,29+,30-,31-,33-/m1/s1. The molecule has 0 aromatic rings. The van der Waals surface area contributed by atoms with E-state index in [2.05, 4.69) is 36.2 Å². The van der Waals surface area contributed by atoms with Crippen LogP contribution < -0.4 is 0 Å². The van der Waals surface area contributed by atoms with Crippen LogP contribution in [0.25, 0.3) is 0 Å². The predicted octanol–water partition coefficient (Wildman–Crippen LogP) is 5.87. The molecule has 3 aliphatic carbocycles. The average Bonchev–Trinajstić information content (AvgIpc) is 3.54. The SMILES string of the molecule is CCCCC[C@@H]1C=C[C@@H](CCCCC[C@H](C(=O)O)[C@H](O)[C@H]2C=C[C@H]3[C@H](CC4=CCN=C4)CC[C@@]3(O)C2)[C@H](O)C1. The van der Waals surface area contributed by atoms with E-state index < -0.39 is 23.6 Å². The highest BCUT2D eigenvalue weighted by molar-refractivity contribution is 5.80. The van der Waals surface area contributed by atoms with Crippen molar-refractivity contribution in [2.45, 2.75) is 115 Å². The van der Waals surface area contributed by atoms with Gasteiger partial charge in [0.1, 0.15) is 0 Å². The van der Waals surface area contributed by atoms with Crippen LogP contribution in [0.5, 0.6) is 0 Å². The number of carboxylic acids is 1. The molecule has 1 aliphatic heterocycles. The quantitative estimate of drug-likeness (QED) is 0.153. The predicted molar refractivity (Wildman–Crippen MR) is 156 cm³/mol. The minimum Gasteiger partial charge on any atom is -0.481 e. The topological polar surface area (TPSA) is 110 Å². The Morgan fingerprint density at radius 2 is 1.92 bits per heavy atom. The zero-order chi connectivity index (χ0) is 27.8. The van der Waals surface area contributed by atoms with Crippen molar-refractivity contribution in [3.05, 3.63) is 36.0 Å². The number of carboxylic acid groups (broad SMARTS) is 1. The second-order valence-corrected chi connectivity index (χ2v) is 12.8. The molecule has 0 saturated heterocycles. The highest BCUT2D eigenvalue weighted by Gasteiger charge is 2.50. The number of fused-ring (bicyclic) bond motifs is 1. The number of aliphatic carboxylic acids is 1. The summed E-state index contributed by atoms with van der Waals surface area (Å²) in [6, 6.07) is 0. The summed E-state index contributed by atoms with van der Waals surface area (Å²) >= 11 is 0. The first kappa shape index (κ1) is 30.2. The first-order chi connectivity index (χ1) is 18.8. The van der Waals surface area contributed by atoms with Crippen molar-refractivity contribution in [3.8, 4) is 0 Å². The fourth-order valence-electron chi connectivity index (χ4n) is 7.64. The summed E-state index contributed by atoms with van der Waals surface area (Å²) in [5, 5.41) is 43.1. The zero-order valence-corrected chi connectivity index (χ0v) is 23.8. The Morgan fingerprint density at radius 1 is 1.10 bits per heavy atom. The molecule has 6 nitrogen and oxygen atoms in total. The summed E-state index contributed by atoms with van der Waals surface area (Å²) < 4.78 is 0. The molecule has 0 bridgehead atoms. The van der Waals surface area contributed by atoms with E-state index in [0.29, 0.717) is 31.1 Å². The van der Waals surface area contributed by atoms with E-state index in [1.165, 1.54) is 24.8 Å². The molecule has 4 rings (SSSR count). The lowest BCUT2D eigenvalue weighted by atomic mass is 9.70. The fraction of sp³-hybridized carbons (Fsp3) is 0.758. The minimum atomic E-state index is -1.000. The summed E-state index contributed by atoms with van der Waals surface area (Å²) in [6.07, 6.45) is 23.9. The van der Waals surface area contributed by atoms with Gasteiger partial charge in [-0.2, -0.15) is 0 Å². The number of rotatable bonds is 15. The van der Waals surface area contributed by atoms with Gasteiger partial charge in [-0.1, -0.05) is 75.8 Å². The highest BCUT2D eigenvalue weighted by atomic mass is 16.4. The fourth-order valence-corrected chi connectivity index (χ4v) is 7.64. The third-order valence-corrected chi connectivity index (χ3v) is 10.0. The van der Waals surface area contributed by atoms with Crippen LogP contribution in [-0.4, -0.2) is 57.0 Å². The van der Waals surface area contributed by atoms with E-state index in [9.17, 15) is 25.2 Å². The van der Waals surface area contributed by atoms with Crippen molar-refractivity contribution < 1.29 is 25.2 Å². The molecule has 0 spiro atoms. The summed E-state index contributed by atoms with van der Waals surface area (Å²) in [7, 11) is 0. The number of nitrogens with zero attached hydrogens (tertiary/aromatic N) is 1. The maximum absolute atomic E-state index is 12.1. The maximum Gasteiger partial charge on any atom is 0.309 e. The van der Waals surface area contributed by atoms with Crippen molar-refractivity contribution in [2.24, 2.45) is 40.5 Å². The van der Waals surface area contributed by atoms with Crippen LogP contribution in [0.15, 0.2) is 40.9 Å². The van der Waals surface area contributed by atoms with E-state index in [0.717, 1.165) is 57.9 Å². The van der Waals surface area contributed by atoms with Gasteiger partial charge < -0.3 is 20.4 Å². The van der Waals surface area contributed by atoms with Crippen LogP contribution in [0.3, 0.4) is 0 Å². The summed E-state index contributed by atoms with van der Waals surface area (Å²) in [6.45, 7) is 2.96. The maximum atomic E-state index is 12.1. The molecule has 9 atom stereocenters. The number of allylic oxidation sites excluding steroid dienone is 2. The second-order valence-electron chi connectivity index (χ2n) is 12.8. The van der Waals surface area contributed by atoms with E-state index in [1.807, 2.05) is 12.3 Å². The molecule has 0 amide bonds. The third kappa shape index (κ3) is 7.92. The number of hydrogen-bond acceptors (Lipinski definition) is 5. The molecule has 218 valence electrons. The van der Waals surface area contributed by atoms with Crippen molar-refractivity contribution in [1.82, 2.24) is 0 Å². The zero-order valence-electron chi connectivity index (χ0n) is 23.8. The van der Waals surface area contributed by atoms with Crippen LogP contribution in [0, 0.1) is 35.5 Å². The van der Waals surface area contributed by atoms with Crippen molar-refractivity contribution in [1.29, 1.82) is 0 Å². The summed E-state index contributed by atoms with van der Waals surface area (Å²) in [5.41, 5.74) is 0.375. The van der Waals surface area contributed by atoms with Gasteiger partial charge in [0.25, 0.3) is 0 Å². The van der Waals surface area contributed by atoms with Gasteiger partial charge in [0.05, 0.1) is 30.3 Å². The van der Waals surface area contributed by atoms with Gasteiger partial charge in [-0.15, -0.1) is 0 Å². The number of aliphatic hydroxyl groups is 3. The minimum absolute atomic E-state index is 0.0509. The molecule has 0 aromatic carbocycles. The van der Waals surface area contributed by atoms with Gasteiger partial charge >= 0.3 is 5.97 Å². The highest BCUT2D eigenvalue weighted by Crippen LogP contribution is 2.50. The molecular weight excluding hydrogens is 490 g/mol. The lowest BCUT2D eigenvalue weighted by Crippen LogP contribution is -2.44. The Kier molecular flexibility index (Phi) is 11.0. The lowest BCUT2D eigenvalue weighted by Gasteiger charge is -2.39. The van der Waals surface area contributed by atoms with Crippen LogP contribution in [0.4, 0.5) is 0 Å². The van der Waals surface area contributed by atoms with Gasteiger partial charge in [-0.05, 0) is 68.8 Å². The van der Waals surface area contributed by atoms with Gasteiger partial charge in [-0.25, -0.2) is 0 Å². The van der Waals surface area contributed by atoms with E-state index in [1.54, 1.807) is 0 Å². The number of aliphatic imine (C=N–C) groups is 1. The van der Waals surface area contributed by atoms with Crippen LogP contribution in [0.1, 0.15) is 96.8 Å². The van der Waals surface area contributed by atoms with E-state index in [4.69, 9.17) is 0 Å². The summed E-state index contributed by atoms with van der Waals surface area (Å²) in [4.78, 5) is 16.4. The summed E-state index contributed by atoms with van der Waals surface area (Å²) in [5.74, 6) is -1.03. The Balaban J connectivity index is 1.21. The van der Waals surface area contributed by atoms with E-state index >= 15 is 0 Å². The van der Waals surface area contributed by atoms with Crippen molar-refractivity contribution in [2.75, 3.05) is 6.54 Å². The van der Waals surface area contributed by atoms with Gasteiger partial charge in [0.2, 0.25) is 0 Å². The van der Waals surface area contributed by atoms with Crippen LogP contribution in [0.2, 0.25) is 0 Å². The number of hydrogen-bond donors (Lipinski definition) is 4. The molecule has 39 heavy (non-hydrogen) atoms. The largest absolute Gasteiger partial charge is 0.481 e. The van der Waals surface area contributed by atoms with Crippen LogP contribution in [-0.2, 0) is 4.79 Å². The Hall–Kier alpha value is -1.76. The number of carbonyl (C=O) groups is 1. The van der Waals surface area contributed by atoms with Crippen molar-refractivity contribution >= 4 is 12.2 Å². The lowest BCUT2D eigenvalue weighted by molar-refractivity contribution is -0.148. The molecule has 0 radical (unpaired) electrons. The second kappa shape index (κ2) is 14.2. The first-order valence-electron chi connectivity index (χ1n) is 15.7. The normalized spacial score (nSPS) is 35.1. The monoisotopic (exact) mass is 541 g/mol. The van der Waals surface area contributed by atoms with Crippen molar-refractivity contribution in [3.63, 3.8) is 0 Å². The molecule has 1 heterocycles. The molecular formula is C33H51NO5.